The highest BCUT2D eigenvalue weighted by Gasteiger charge is 2.28. The molecule has 0 heterocycles. The van der Waals surface area contributed by atoms with Gasteiger partial charge in [0, 0.05) is 17.6 Å². The smallest absolute Gasteiger partial charge is 0.324 e. The third-order valence-corrected chi connectivity index (χ3v) is 5.06. The second kappa shape index (κ2) is 10.2. The molecule has 0 atom stereocenters. The molecule has 0 aliphatic rings. The Morgan fingerprint density at radius 2 is 1.62 bits per heavy atom. The van der Waals surface area contributed by atoms with Crippen molar-refractivity contribution in [3.63, 3.8) is 0 Å². The first-order chi connectivity index (χ1) is 13.7. The van der Waals surface area contributed by atoms with E-state index in [4.69, 9.17) is 0 Å². The van der Waals surface area contributed by atoms with Crippen LogP contribution in [0.2, 0.25) is 0 Å². The van der Waals surface area contributed by atoms with Crippen LogP contribution >= 0.6 is 11.8 Å². The minimum Gasteiger partial charge on any atom is -0.324 e. The minimum absolute atomic E-state index is 0.207. The van der Waals surface area contributed by atoms with Gasteiger partial charge in [0.05, 0.1) is 11.4 Å². The SMILES string of the molecule is CCc1ccccc1NC(=O)CN(C)C(=O)Nc1ccccc1SCC(F)(F)F. The second-order valence-corrected chi connectivity index (χ2v) is 7.26. The van der Waals surface area contributed by atoms with Crippen LogP contribution in [0.5, 0.6) is 0 Å². The standard InChI is InChI=1S/C20H22F3N3O2S/c1-3-14-8-4-5-9-15(14)24-18(27)12-26(2)19(28)25-16-10-6-7-11-17(16)29-13-20(21,22)23/h4-11H,3,12-13H2,1-2H3,(H,24,27)(H,25,28). The van der Waals surface area contributed by atoms with Gasteiger partial charge in [-0.15, -0.1) is 11.8 Å². The number of likely N-dealkylation sites (N-methyl/N-ethyl adjacent to an activating group) is 1. The van der Waals surface area contributed by atoms with Gasteiger partial charge >= 0.3 is 12.2 Å². The van der Waals surface area contributed by atoms with E-state index < -0.39 is 18.0 Å². The van der Waals surface area contributed by atoms with Crippen molar-refractivity contribution < 1.29 is 22.8 Å². The Morgan fingerprint density at radius 3 is 2.28 bits per heavy atom. The fourth-order valence-corrected chi connectivity index (χ4v) is 3.26. The molecule has 2 aromatic rings. The average molecular weight is 425 g/mol. The number of halogens is 3. The topological polar surface area (TPSA) is 61.4 Å². The van der Waals surface area contributed by atoms with Crippen LogP contribution in [-0.4, -0.2) is 42.4 Å². The molecule has 0 aromatic heterocycles. The number of thioether (sulfide) groups is 1. The number of urea groups is 1. The minimum atomic E-state index is -4.31. The quantitative estimate of drug-likeness (QED) is 0.614. The van der Waals surface area contributed by atoms with Gasteiger partial charge < -0.3 is 15.5 Å². The summed E-state index contributed by atoms with van der Waals surface area (Å²) < 4.78 is 37.4. The van der Waals surface area contributed by atoms with E-state index in [1.807, 2.05) is 19.1 Å². The highest BCUT2D eigenvalue weighted by molar-refractivity contribution is 7.99. The molecule has 0 bridgehead atoms. The van der Waals surface area contributed by atoms with Gasteiger partial charge in [-0.2, -0.15) is 13.2 Å². The summed E-state index contributed by atoms with van der Waals surface area (Å²) in [6.07, 6.45) is -3.56. The molecule has 156 valence electrons. The maximum Gasteiger partial charge on any atom is 0.398 e. The normalized spacial score (nSPS) is 11.1. The highest BCUT2D eigenvalue weighted by Crippen LogP contribution is 2.32. The molecule has 0 radical (unpaired) electrons. The molecular formula is C20H22F3N3O2S. The highest BCUT2D eigenvalue weighted by atomic mass is 32.2. The van der Waals surface area contributed by atoms with Crippen molar-refractivity contribution in [1.82, 2.24) is 4.90 Å². The zero-order chi connectivity index (χ0) is 21.4. The number of hydrogen-bond acceptors (Lipinski definition) is 3. The first-order valence-electron chi connectivity index (χ1n) is 8.88. The van der Waals surface area contributed by atoms with Gasteiger partial charge in [0.25, 0.3) is 0 Å². The van der Waals surface area contributed by atoms with Gasteiger partial charge in [-0.3, -0.25) is 4.79 Å². The van der Waals surface area contributed by atoms with Crippen molar-refractivity contribution in [2.24, 2.45) is 0 Å². The number of nitrogens with one attached hydrogen (secondary N) is 2. The summed E-state index contributed by atoms with van der Waals surface area (Å²) in [7, 11) is 1.44. The Kier molecular flexibility index (Phi) is 7.95. The number of carbonyl (C=O) groups excluding carboxylic acids is 2. The number of rotatable bonds is 7. The van der Waals surface area contributed by atoms with E-state index in [2.05, 4.69) is 10.6 Å². The molecule has 2 aromatic carbocycles. The lowest BCUT2D eigenvalue weighted by atomic mass is 10.1. The molecule has 5 nitrogen and oxygen atoms in total. The molecular weight excluding hydrogens is 403 g/mol. The van der Waals surface area contributed by atoms with Crippen LogP contribution in [0.15, 0.2) is 53.4 Å². The zero-order valence-corrected chi connectivity index (χ0v) is 16.9. The molecule has 0 aliphatic heterocycles. The lowest BCUT2D eigenvalue weighted by Crippen LogP contribution is -2.37. The number of amides is 3. The number of aryl methyl sites for hydroxylation is 1. The predicted molar refractivity (Wildman–Crippen MR) is 109 cm³/mol. The summed E-state index contributed by atoms with van der Waals surface area (Å²) >= 11 is 0.590. The van der Waals surface area contributed by atoms with Crippen molar-refractivity contribution in [2.75, 3.05) is 30.0 Å². The first-order valence-corrected chi connectivity index (χ1v) is 9.86. The number of carbonyl (C=O) groups is 2. The van der Waals surface area contributed by atoms with Crippen LogP contribution in [0.4, 0.5) is 29.3 Å². The molecule has 0 fully saturated rings. The summed E-state index contributed by atoms with van der Waals surface area (Å²) in [5, 5.41) is 5.33. The van der Waals surface area contributed by atoms with Crippen LogP contribution in [0, 0.1) is 0 Å². The molecule has 0 saturated carbocycles. The zero-order valence-electron chi connectivity index (χ0n) is 16.0. The number of nitrogens with zero attached hydrogens (tertiary/aromatic N) is 1. The fraction of sp³-hybridized carbons (Fsp3) is 0.300. The number of alkyl halides is 3. The third kappa shape index (κ3) is 7.34. The van der Waals surface area contributed by atoms with E-state index in [1.54, 1.807) is 24.3 Å². The number of benzene rings is 2. The predicted octanol–water partition coefficient (Wildman–Crippen LogP) is 5.01. The van der Waals surface area contributed by atoms with E-state index in [1.165, 1.54) is 19.2 Å². The molecule has 29 heavy (non-hydrogen) atoms. The maximum absolute atomic E-state index is 12.5. The van der Waals surface area contributed by atoms with Gasteiger partial charge in [-0.05, 0) is 30.2 Å². The van der Waals surface area contributed by atoms with Crippen molar-refractivity contribution >= 4 is 35.1 Å². The van der Waals surface area contributed by atoms with Crippen molar-refractivity contribution in [2.45, 2.75) is 24.4 Å². The summed E-state index contributed by atoms with van der Waals surface area (Å²) in [4.78, 5) is 26.1. The summed E-state index contributed by atoms with van der Waals surface area (Å²) in [5.41, 5.74) is 1.92. The van der Waals surface area contributed by atoms with Crippen molar-refractivity contribution in [1.29, 1.82) is 0 Å². The molecule has 0 aliphatic carbocycles. The molecule has 0 unspecified atom stereocenters. The molecule has 2 N–H and O–H groups in total. The third-order valence-electron chi connectivity index (χ3n) is 3.92. The number of hydrogen-bond donors (Lipinski definition) is 2. The van der Waals surface area contributed by atoms with Gasteiger partial charge in [-0.25, -0.2) is 4.79 Å². The Bertz CT molecular complexity index is 859. The molecule has 0 spiro atoms. The lowest BCUT2D eigenvalue weighted by Gasteiger charge is -2.19. The first kappa shape index (κ1) is 22.6. The summed E-state index contributed by atoms with van der Waals surface area (Å²) in [5.74, 6) is -1.43. The monoisotopic (exact) mass is 425 g/mol. The number of para-hydroxylation sites is 2. The molecule has 2 rings (SSSR count). The van der Waals surface area contributed by atoms with Gasteiger partial charge in [0.1, 0.15) is 6.54 Å². The van der Waals surface area contributed by atoms with E-state index in [9.17, 15) is 22.8 Å². The molecule has 3 amide bonds. The Morgan fingerprint density at radius 1 is 1.00 bits per heavy atom. The summed E-state index contributed by atoms with van der Waals surface area (Å²) in [6.45, 7) is 1.76. The largest absolute Gasteiger partial charge is 0.398 e. The maximum atomic E-state index is 12.5. The van der Waals surface area contributed by atoms with Crippen LogP contribution in [0.3, 0.4) is 0 Å². The van der Waals surface area contributed by atoms with E-state index in [0.717, 1.165) is 16.9 Å². The number of anilines is 2. The van der Waals surface area contributed by atoms with E-state index in [-0.39, 0.29) is 18.1 Å². The molecule has 0 saturated heterocycles. The summed E-state index contributed by atoms with van der Waals surface area (Å²) in [6, 6.07) is 13.0. The van der Waals surface area contributed by atoms with Crippen LogP contribution < -0.4 is 10.6 Å². The average Bonchev–Trinajstić information content (AvgIpc) is 2.67. The van der Waals surface area contributed by atoms with Gasteiger partial charge in [-0.1, -0.05) is 37.3 Å². The van der Waals surface area contributed by atoms with Crippen molar-refractivity contribution in [3.8, 4) is 0 Å². The van der Waals surface area contributed by atoms with E-state index in [0.29, 0.717) is 22.3 Å². The lowest BCUT2D eigenvalue weighted by molar-refractivity contribution is -0.116. The van der Waals surface area contributed by atoms with Gasteiger partial charge in [0.15, 0.2) is 0 Å². The van der Waals surface area contributed by atoms with E-state index >= 15 is 0 Å². The second-order valence-electron chi connectivity index (χ2n) is 6.25. The Labute approximate surface area is 171 Å². The fourth-order valence-electron chi connectivity index (χ4n) is 2.49. The Balaban J connectivity index is 1.96. The van der Waals surface area contributed by atoms with Crippen LogP contribution in [0.1, 0.15) is 12.5 Å². The Hall–Kier alpha value is -2.68. The molecule has 9 heteroatoms. The van der Waals surface area contributed by atoms with Crippen LogP contribution in [-0.2, 0) is 11.2 Å². The van der Waals surface area contributed by atoms with Crippen LogP contribution in [0.25, 0.3) is 0 Å². The van der Waals surface area contributed by atoms with Gasteiger partial charge in [0.2, 0.25) is 5.91 Å². The van der Waals surface area contributed by atoms with Crippen molar-refractivity contribution in [3.05, 3.63) is 54.1 Å².